The van der Waals surface area contributed by atoms with Gasteiger partial charge in [-0.1, -0.05) is 32.6 Å². The van der Waals surface area contributed by atoms with E-state index in [1.165, 1.54) is 25.7 Å². The summed E-state index contributed by atoms with van der Waals surface area (Å²) in [6, 6.07) is 0. The van der Waals surface area contributed by atoms with Gasteiger partial charge in [0.25, 0.3) is 0 Å². The summed E-state index contributed by atoms with van der Waals surface area (Å²) in [5, 5.41) is 9.99. The summed E-state index contributed by atoms with van der Waals surface area (Å²) in [6.45, 7) is 2.22. The van der Waals surface area contributed by atoms with Crippen LogP contribution in [0.25, 0.3) is 5.76 Å². The fraction of sp³-hybridized carbons (Fsp3) is 0.643. The minimum atomic E-state index is 0.385. The topological polar surface area (TPSA) is 29.0 Å². The second-order valence-electron chi connectivity index (χ2n) is 4.64. The highest BCUT2D eigenvalue weighted by atomic mass is 16.3. The number of aromatic nitrogens is 2. The normalized spacial score (nSPS) is 12.1. The number of allylic oxidation sites excluding steroid dienone is 1. The molecule has 1 aromatic rings. The lowest BCUT2D eigenvalue weighted by Gasteiger charge is -1.99. The zero-order chi connectivity index (χ0) is 12.7. The zero-order valence-corrected chi connectivity index (χ0v) is 11.3. The first-order valence-electron chi connectivity index (χ1n) is 6.57. The number of unbranched alkanes of at least 4 members (excludes halogenated alkanes) is 5. The second kappa shape index (κ2) is 7.15. The molecule has 0 unspecified atom stereocenters. The van der Waals surface area contributed by atoms with Crippen LogP contribution in [0.1, 0.15) is 51.3 Å². The molecule has 0 aromatic carbocycles. The van der Waals surface area contributed by atoms with Gasteiger partial charge in [-0.25, -0.2) is 9.13 Å². The summed E-state index contributed by atoms with van der Waals surface area (Å²) >= 11 is 0. The molecule has 0 aliphatic carbocycles. The summed E-state index contributed by atoms with van der Waals surface area (Å²) in [5.74, 6) is 1.24. The first-order chi connectivity index (χ1) is 8.16. The maximum absolute atomic E-state index is 9.99. The Labute approximate surface area is 104 Å². The molecule has 0 saturated heterocycles. The third-order valence-electron chi connectivity index (χ3n) is 3.06. The van der Waals surface area contributed by atoms with Crippen molar-refractivity contribution in [1.82, 2.24) is 4.57 Å². The maximum Gasteiger partial charge on any atom is 0.323 e. The van der Waals surface area contributed by atoms with Gasteiger partial charge >= 0.3 is 5.82 Å². The van der Waals surface area contributed by atoms with Crippen molar-refractivity contribution >= 4 is 5.76 Å². The third kappa shape index (κ3) is 4.25. The van der Waals surface area contributed by atoms with Crippen molar-refractivity contribution in [2.75, 3.05) is 0 Å². The Balaban J connectivity index is 2.39. The molecular formula is C14H25N2O+. The maximum atomic E-state index is 9.99. The lowest BCUT2D eigenvalue weighted by molar-refractivity contribution is -0.674. The van der Waals surface area contributed by atoms with Gasteiger partial charge in [-0.3, -0.25) is 0 Å². The SMILES string of the molecule is CCCCCCC/C=C(\O)c1n(C)cc[n+]1C. The Hall–Kier alpha value is -1.25. The molecule has 0 bridgehead atoms. The number of hydrogen-bond donors (Lipinski definition) is 1. The van der Waals surface area contributed by atoms with E-state index in [1.807, 2.05) is 41.7 Å². The molecule has 0 fully saturated rings. The summed E-state index contributed by atoms with van der Waals surface area (Å²) in [6.07, 6.45) is 13.1. The first-order valence-corrected chi connectivity index (χ1v) is 6.57. The zero-order valence-electron chi connectivity index (χ0n) is 11.3. The highest BCUT2D eigenvalue weighted by Crippen LogP contribution is 2.10. The van der Waals surface area contributed by atoms with E-state index in [4.69, 9.17) is 0 Å². The van der Waals surface area contributed by atoms with Crippen LogP contribution in [0.3, 0.4) is 0 Å². The summed E-state index contributed by atoms with van der Waals surface area (Å²) in [5.41, 5.74) is 0. The quantitative estimate of drug-likeness (QED) is 0.440. The van der Waals surface area contributed by atoms with E-state index >= 15 is 0 Å². The number of aliphatic hydroxyl groups is 1. The second-order valence-corrected chi connectivity index (χ2v) is 4.64. The monoisotopic (exact) mass is 237 g/mol. The molecule has 17 heavy (non-hydrogen) atoms. The molecule has 3 nitrogen and oxygen atoms in total. The van der Waals surface area contributed by atoms with E-state index < -0.39 is 0 Å². The summed E-state index contributed by atoms with van der Waals surface area (Å²) in [7, 11) is 3.89. The van der Waals surface area contributed by atoms with Crippen LogP contribution in [-0.4, -0.2) is 9.67 Å². The van der Waals surface area contributed by atoms with E-state index in [-0.39, 0.29) is 0 Å². The molecule has 96 valence electrons. The van der Waals surface area contributed by atoms with Crippen LogP contribution in [0, 0.1) is 0 Å². The van der Waals surface area contributed by atoms with Gasteiger partial charge in [-0.15, -0.1) is 0 Å². The largest absolute Gasteiger partial charge is 0.501 e. The molecule has 0 amide bonds. The number of aryl methyl sites for hydroxylation is 2. The van der Waals surface area contributed by atoms with Crippen molar-refractivity contribution in [1.29, 1.82) is 0 Å². The predicted molar refractivity (Wildman–Crippen MR) is 70.6 cm³/mol. The van der Waals surface area contributed by atoms with Crippen molar-refractivity contribution in [2.45, 2.75) is 45.4 Å². The van der Waals surface area contributed by atoms with E-state index in [2.05, 4.69) is 6.92 Å². The Morgan fingerprint density at radius 3 is 2.65 bits per heavy atom. The van der Waals surface area contributed by atoms with Gasteiger partial charge < -0.3 is 5.11 Å². The first kappa shape index (κ1) is 13.8. The molecule has 1 aromatic heterocycles. The van der Waals surface area contributed by atoms with Gasteiger partial charge in [-0.05, 0) is 18.9 Å². The van der Waals surface area contributed by atoms with Crippen LogP contribution in [0.15, 0.2) is 18.5 Å². The minimum absolute atomic E-state index is 0.385. The number of rotatable bonds is 7. The highest BCUT2D eigenvalue weighted by Gasteiger charge is 2.15. The van der Waals surface area contributed by atoms with E-state index in [9.17, 15) is 5.11 Å². The van der Waals surface area contributed by atoms with Crippen LogP contribution in [0.5, 0.6) is 0 Å². The number of imidazole rings is 1. The number of hydrogen-bond acceptors (Lipinski definition) is 1. The molecule has 0 aliphatic heterocycles. The smallest absolute Gasteiger partial charge is 0.323 e. The Morgan fingerprint density at radius 1 is 1.35 bits per heavy atom. The molecule has 0 aliphatic rings. The van der Waals surface area contributed by atoms with Gasteiger partial charge in [0, 0.05) is 0 Å². The van der Waals surface area contributed by atoms with Gasteiger partial charge in [0.05, 0.1) is 14.1 Å². The van der Waals surface area contributed by atoms with Crippen molar-refractivity contribution in [3.63, 3.8) is 0 Å². The lowest BCUT2D eigenvalue weighted by Crippen LogP contribution is -2.31. The van der Waals surface area contributed by atoms with Crippen LogP contribution in [0.2, 0.25) is 0 Å². The molecule has 0 spiro atoms. The van der Waals surface area contributed by atoms with Crippen LogP contribution in [-0.2, 0) is 14.1 Å². The molecule has 0 saturated carbocycles. The average Bonchev–Trinajstić information content (AvgIpc) is 2.63. The predicted octanol–water partition coefficient (Wildman–Crippen LogP) is 3.11. The van der Waals surface area contributed by atoms with Crippen molar-refractivity contribution in [2.24, 2.45) is 14.1 Å². The van der Waals surface area contributed by atoms with Crippen LogP contribution in [0.4, 0.5) is 0 Å². The van der Waals surface area contributed by atoms with Crippen LogP contribution >= 0.6 is 0 Å². The van der Waals surface area contributed by atoms with E-state index in [0.29, 0.717) is 5.76 Å². The standard InChI is InChI=1S/C14H24N2O/c1-4-5-6-7-8-9-10-13(17)14-15(2)11-12-16(14)3/h10-12H,4-9H2,1-3H3/p+1/b13-10-. The van der Waals surface area contributed by atoms with Gasteiger partial charge in [0.1, 0.15) is 12.4 Å². The Kier molecular flexibility index (Phi) is 5.81. The third-order valence-corrected chi connectivity index (χ3v) is 3.06. The molecular weight excluding hydrogens is 212 g/mol. The van der Waals surface area contributed by atoms with E-state index in [1.54, 1.807) is 0 Å². The summed E-state index contributed by atoms with van der Waals surface area (Å²) in [4.78, 5) is 0. The Morgan fingerprint density at radius 2 is 2.06 bits per heavy atom. The lowest BCUT2D eigenvalue weighted by atomic mass is 10.1. The van der Waals surface area contributed by atoms with Gasteiger partial charge in [0.15, 0.2) is 0 Å². The van der Waals surface area contributed by atoms with Crippen molar-refractivity contribution < 1.29 is 9.67 Å². The van der Waals surface area contributed by atoms with Gasteiger partial charge in [-0.2, -0.15) is 0 Å². The molecule has 0 atom stereocenters. The summed E-state index contributed by atoms with van der Waals surface area (Å²) < 4.78 is 3.87. The fourth-order valence-corrected chi connectivity index (χ4v) is 2.03. The molecule has 0 radical (unpaired) electrons. The van der Waals surface area contributed by atoms with Crippen LogP contribution < -0.4 is 4.57 Å². The highest BCUT2D eigenvalue weighted by molar-refractivity contribution is 5.48. The molecule has 1 N–H and O–H groups in total. The molecule has 1 rings (SSSR count). The minimum Gasteiger partial charge on any atom is -0.501 e. The number of aliphatic hydroxyl groups excluding tert-OH is 1. The van der Waals surface area contributed by atoms with E-state index in [0.717, 1.165) is 18.7 Å². The molecule has 3 heteroatoms. The van der Waals surface area contributed by atoms with Crippen molar-refractivity contribution in [3.8, 4) is 0 Å². The Bertz CT molecular complexity index is 347. The van der Waals surface area contributed by atoms with Crippen molar-refractivity contribution in [3.05, 3.63) is 24.3 Å². The fourth-order valence-electron chi connectivity index (χ4n) is 2.03. The number of nitrogens with zero attached hydrogens (tertiary/aromatic N) is 2. The average molecular weight is 237 g/mol. The van der Waals surface area contributed by atoms with Gasteiger partial charge in [0.2, 0.25) is 5.76 Å². The molecule has 1 heterocycles.